The zero-order valence-corrected chi connectivity index (χ0v) is 12.9. The Bertz CT molecular complexity index is 291. The first-order valence-corrected chi connectivity index (χ1v) is 6.48. The number of nitrogens with one attached hydrogen (secondary N) is 1. The topological polar surface area (TPSA) is 29.1 Å². The van der Waals surface area contributed by atoms with Gasteiger partial charge in [0.15, 0.2) is 0 Å². The quantitative estimate of drug-likeness (QED) is 0.713. The van der Waals surface area contributed by atoms with Crippen molar-refractivity contribution in [2.24, 2.45) is 0 Å². The minimum Gasteiger partial charge on any atom is -0.324 e. The zero-order valence-electron chi connectivity index (χ0n) is 12.9. The number of carbonyl (C=O) groups is 1. The lowest BCUT2D eigenvalue weighted by atomic mass is 10.2. The zero-order chi connectivity index (χ0) is 15.1. The van der Waals surface area contributed by atoms with E-state index >= 15 is 0 Å². The average molecular weight is 257 g/mol. The van der Waals surface area contributed by atoms with Crippen LogP contribution in [0.5, 0.6) is 0 Å². The number of halogens is 1. The predicted molar refractivity (Wildman–Crippen MR) is 78.9 cm³/mol. The molecule has 0 aromatic carbocycles. The summed E-state index contributed by atoms with van der Waals surface area (Å²) in [5.74, 6) is -0.815. The molecule has 106 valence electrons. The molecule has 0 saturated heterocycles. The third-order valence-corrected chi connectivity index (χ3v) is 1.70. The number of hydrogen-bond acceptors (Lipinski definition) is 1. The van der Waals surface area contributed by atoms with Gasteiger partial charge in [-0.1, -0.05) is 46.8 Å². The van der Waals surface area contributed by atoms with Crippen LogP contribution in [0, 0.1) is 0 Å². The fourth-order valence-corrected chi connectivity index (χ4v) is 0.813. The molecule has 3 heteroatoms. The SMILES string of the molecule is C=C/C(F)=C(\C=C(/C)CC)NC(C)=O.CC.CC. The molecule has 0 aliphatic rings. The van der Waals surface area contributed by atoms with Crippen molar-refractivity contribution in [1.29, 1.82) is 0 Å². The second kappa shape index (κ2) is 15.6. The van der Waals surface area contributed by atoms with Crippen LogP contribution in [0.3, 0.4) is 0 Å². The number of amides is 1. The third kappa shape index (κ3) is 12.7. The first-order chi connectivity index (χ1) is 8.51. The van der Waals surface area contributed by atoms with Crippen molar-refractivity contribution in [1.82, 2.24) is 5.32 Å². The minimum absolute atomic E-state index is 0.173. The maximum atomic E-state index is 13.2. The maximum absolute atomic E-state index is 13.2. The predicted octanol–water partition coefficient (Wildman–Crippen LogP) is 4.90. The molecule has 0 aliphatic carbocycles. The summed E-state index contributed by atoms with van der Waals surface area (Å²) < 4.78 is 13.2. The van der Waals surface area contributed by atoms with Crippen LogP contribution in [0.15, 0.2) is 35.8 Å². The molecule has 2 nitrogen and oxygen atoms in total. The highest BCUT2D eigenvalue weighted by molar-refractivity contribution is 5.75. The molecule has 0 heterocycles. The van der Waals surface area contributed by atoms with E-state index < -0.39 is 5.83 Å². The summed E-state index contributed by atoms with van der Waals surface area (Å²) in [5.41, 5.74) is 1.16. The second-order valence-corrected chi connectivity index (χ2v) is 2.99. The molecule has 1 N–H and O–H groups in total. The Hall–Kier alpha value is -1.38. The van der Waals surface area contributed by atoms with E-state index in [9.17, 15) is 9.18 Å². The fourth-order valence-electron chi connectivity index (χ4n) is 0.813. The van der Waals surface area contributed by atoms with E-state index in [4.69, 9.17) is 0 Å². The Morgan fingerprint density at radius 1 is 1.22 bits per heavy atom. The molecule has 0 aliphatic heterocycles. The van der Waals surface area contributed by atoms with Crippen LogP contribution in [0.4, 0.5) is 4.39 Å². The summed E-state index contributed by atoms with van der Waals surface area (Å²) in [7, 11) is 0. The summed E-state index contributed by atoms with van der Waals surface area (Å²) in [5, 5.41) is 2.41. The van der Waals surface area contributed by atoms with Crippen molar-refractivity contribution >= 4 is 5.91 Å². The average Bonchev–Trinajstić information content (AvgIpc) is 2.40. The number of carbonyl (C=O) groups excluding carboxylic acids is 1. The largest absolute Gasteiger partial charge is 0.324 e. The van der Waals surface area contributed by atoms with Gasteiger partial charge in [-0.05, 0) is 25.5 Å². The lowest BCUT2D eigenvalue weighted by Gasteiger charge is -2.05. The van der Waals surface area contributed by atoms with Crippen LogP contribution in [-0.4, -0.2) is 5.91 Å². The van der Waals surface area contributed by atoms with Crippen LogP contribution in [-0.2, 0) is 4.79 Å². The van der Waals surface area contributed by atoms with Gasteiger partial charge < -0.3 is 5.32 Å². The normalized spacial score (nSPS) is 11.0. The van der Waals surface area contributed by atoms with Gasteiger partial charge in [0.05, 0.1) is 5.70 Å². The van der Waals surface area contributed by atoms with Crippen LogP contribution in [0.1, 0.15) is 54.9 Å². The van der Waals surface area contributed by atoms with Gasteiger partial charge >= 0.3 is 0 Å². The van der Waals surface area contributed by atoms with Crippen LogP contribution >= 0.6 is 0 Å². The van der Waals surface area contributed by atoms with Crippen molar-refractivity contribution in [3.05, 3.63) is 35.8 Å². The number of allylic oxidation sites excluding steroid dienone is 4. The molecule has 0 bridgehead atoms. The molecule has 18 heavy (non-hydrogen) atoms. The Kier molecular flexibility index (Phi) is 19.0. The van der Waals surface area contributed by atoms with E-state index in [0.717, 1.165) is 18.1 Å². The van der Waals surface area contributed by atoms with Crippen molar-refractivity contribution < 1.29 is 9.18 Å². The van der Waals surface area contributed by atoms with Gasteiger partial charge in [0, 0.05) is 6.92 Å². The summed E-state index contributed by atoms with van der Waals surface area (Å²) in [6.07, 6.45) is 3.50. The van der Waals surface area contributed by atoms with E-state index in [1.165, 1.54) is 6.92 Å². The van der Waals surface area contributed by atoms with E-state index in [-0.39, 0.29) is 11.6 Å². The summed E-state index contributed by atoms with van der Waals surface area (Å²) in [4.78, 5) is 10.8. The molecule has 0 fully saturated rings. The Balaban J connectivity index is -0.000000506. The summed E-state index contributed by atoms with van der Waals surface area (Å²) >= 11 is 0. The summed E-state index contributed by atoms with van der Waals surface area (Å²) in [6, 6.07) is 0. The van der Waals surface area contributed by atoms with Gasteiger partial charge in [-0.2, -0.15) is 0 Å². The Labute approximate surface area is 112 Å². The molecule has 1 amide bonds. The molecule has 0 aromatic heterocycles. The lowest BCUT2D eigenvalue weighted by molar-refractivity contribution is -0.118. The van der Waals surface area contributed by atoms with E-state index in [1.807, 2.05) is 41.5 Å². The fraction of sp³-hybridized carbons (Fsp3) is 0.533. The van der Waals surface area contributed by atoms with Gasteiger partial charge in [-0.25, -0.2) is 4.39 Å². The van der Waals surface area contributed by atoms with Crippen LogP contribution < -0.4 is 5.32 Å². The molecule has 0 aromatic rings. The molecular weight excluding hydrogens is 229 g/mol. The summed E-state index contributed by atoms with van der Waals surface area (Å²) in [6.45, 7) is 16.5. The van der Waals surface area contributed by atoms with Crippen molar-refractivity contribution in [2.75, 3.05) is 0 Å². The van der Waals surface area contributed by atoms with Crippen molar-refractivity contribution in [3.63, 3.8) is 0 Å². The van der Waals surface area contributed by atoms with Crippen molar-refractivity contribution in [3.8, 4) is 0 Å². The van der Waals surface area contributed by atoms with Gasteiger partial charge in [0.2, 0.25) is 5.91 Å². The Morgan fingerprint density at radius 2 is 1.67 bits per heavy atom. The highest BCUT2D eigenvalue weighted by Crippen LogP contribution is 2.10. The Morgan fingerprint density at radius 3 is 1.94 bits per heavy atom. The molecule has 0 spiro atoms. The highest BCUT2D eigenvalue weighted by atomic mass is 19.1. The number of hydrogen-bond donors (Lipinski definition) is 1. The molecule has 0 saturated carbocycles. The molecule has 0 radical (unpaired) electrons. The van der Waals surface area contributed by atoms with Crippen LogP contribution in [0.25, 0.3) is 0 Å². The third-order valence-electron chi connectivity index (χ3n) is 1.70. The molecule has 0 rings (SSSR count). The van der Waals surface area contributed by atoms with E-state index in [1.54, 1.807) is 6.08 Å². The van der Waals surface area contributed by atoms with Gasteiger partial charge in [0.1, 0.15) is 5.83 Å². The first kappa shape index (κ1) is 21.9. The van der Waals surface area contributed by atoms with Gasteiger partial charge in [-0.3, -0.25) is 4.79 Å². The lowest BCUT2D eigenvalue weighted by Crippen LogP contribution is -2.19. The van der Waals surface area contributed by atoms with E-state index in [0.29, 0.717) is 0 Å². The smallest absolute Gasteiger partial charge is 0.221 e. The van der Waals surface area contributed by atoms with Crippen LogP contribution in [0.2, 0.25) is 0 Å². The molecule has 0 unspecified atom stereocenters. The van der Waals surface area contributed by atoms with Crippen molar-refractivity contribution in [2.45, 2.75) is 54.9 Å². The first-order valence-electron chi connectivity index (χ1n) is 6.48. The maximum Gasteiger partial charge on any atom is 0.221 e. The number of rotatable bonds is 4. The van der Waals surface area contributed by atoms with E-state index in [2.05, 4.69) is 11.9 Å². The van der Waals surface area contributed by atoms with Gasteiger partial charge in [0.25, 0.3) is 0 Å². The monoisotopic (exact) mass is 257 g/mol. The molecular formula is C15H28FNO. The minimum atomic E-state index is -0.520. The molecule has 0 atom stereocenters. The highest BCUT2D eigenvalue weighted by Gasteiger charge is 2.02. The second-order valence-electron chi connectivity index (χ2n) is 2.99. The van der Waals surface area contributed by atoms with Gasteiger partial charge in [-0.15, -0.1) is 0 Å². The standard InChI is InChI=1S/C11H16FNO.2C2H6/c1-5-8(3)7-11(10(12)6-2)13-9(4)14;2*1-2/h6-7H,2,5H2,1,3-4H3,(H,13,14);2*1-2H3/b8-7+,11-10-;;.